The number of amides is 1. The molecule has 1 heterocycles. The number of benzene rings is 3. The number of hydrazone groups is 1. The average Bonchev–Trinajstić information content (AvgIpc) is 2.89. The van der Waals surface area contributed by atoms with Crippen molar-refractivity contribution in [2.45, 2.75) is 24.3 Å². The van der Waals surface area contributed by atoms with Crippen LogP contribution in [0.4, 0.5) is 5.69 Å². The molecule has 0 aromatic heterocycles. The molecule has 8 heteroatoms. The molecule has 7 nitrogen and oxygen atoms in total. The molecule has 3 aromatic rings. The van der Waals surface area contributed by atoms with Crippen LogP contribution >= 0.6 is 0 Å². The minimum absolute atomic E-state index is 0.213. The van der Waals surface area contributed by atoms with E-state index in [1.54, 1.807) is 54.6 Å². The highest BCUT2D eigenvalue weighted by atomic mass is 32.2. The lowest BCUT2D eigenvalue weighted by molar-refractivity contribution is 0.0954. The molecule has 0 spiro atoms. The lowest BCUT2D eigenvalue weighted by Crippen LogP contribution is -2.34. The van der Waals surface area contributed by atoms with E-state index in [1.807, 2.05) is 6.07 Å². The maximum absolute atomic E-state index is 12.8. The summed E-state index contributed by atoms with van der Waals surface area (Å²) in [5.41, 5.74) is 5.79. The summed E-state index contributed by atoms with van der Waals surface area (Å²) in [6.07, 6.45) is 1.63. The summed E-state index contributed by atoms with van der Waals surface area (Å²) in [6.45, 7) is 2.72. The van der Waals surface area contributed by atoms with Crippen molar-refractivity contribution in [3.05, 3.63) is 96.1 Å². The lowest BCUT2D eigenvalue weighted by Gasteiger charge is -2.27. The Morgan fingerprint density at radius 3 is 2.12 bits per heavy atom. The van der Waals surface area contributed by atoms with Crippen LogP contribution in [0.25, 0.3) is 0 Å². The van der Waals surface area contributed by atoms with Gasteiger partial charge in [0.25, 0.3) is 15.9 Å². The molecule has 3 aromatic carbocycles. The number of hydrogen-bond donors (Lipinski definition) is 1. The van der Waals surface area contributed by atoms with Gasteiger partial charge in [-0.1, -0.05) is 48.5 Å². The van der Waals surface area contributed by atoms with E-state index in [1.165, 1.54) is 16.9 Å². The van der Waals surface area contributed by atoms with Gasteiger partial charge in [-0.15, -0.1) is 0 Å². The van der Waals surface area contributed by atoms with Gasteiger partial charge in [-0.2, -0.15) is 5.10 Å². The monoisotopic (exact) mass is 476 g/mol. The van der Waals surface area contributed by atoms with Gasteiger partial charge in [-0.25, -0.2) is 13.8 Å². The molecule has 0 aliphatic carbocycles. The minimum atomic E-state index is -3.67. The maximum Gasteiger partial charge on any atom is 0.271 e. The van der Waals surface area contributed by atoms with Crippen LogP contribution in [0, 0.1) is 0 Å². The number of nitrogens with one attached hydrogen (secondary N) is 1. The molecule has 0 radical (unpaired) electrons. The van der Waals surface area contributed by atoms with Crippen molar-refractivity contribution in [1.29, 1.82) is 0 Å². The van der Waals surface area contributed by atoms with Crippen LogP contribution < -0.4 is 9.73 Å². The largest absolute Gasteiger partial charge is 0.298 e. The number of sulfonamides is 1. The van der Waals surface area contributed by atoms with Crippen LogP contribution in [0.15, 0.2) is 94.9 Å². The first-order valence-corrected chi connectivity index (χ1v) is 12.6. The van der Waals surface area contributed by atoms with E-state index in [4.69, 9.17) is 0 Å². The fourth-order valence-corrected chi connectivity index (χ4v) is 5.05. The number of carbonyl (C=O) groups is 1. The normalized spacial score (nSPS) is 14.4. The fourth-order valence-electron chi connectivity index (χ4n) is 3.83. The molecule has 1 aliphatic heterocycles. The summed E-state index contributed by atoms with van der Waals surface area (Å²) in [5, 5.41) is 4.32. The predicted molar refractivity (Wildman–Crippen MR) is 134 cm³/mol. The summed E-state index contributed by atoms with van der Waals surface area (Å²) >= 11 is 0. The molecule has 0 atom stereocenters. The number of piperidine rings is 1. The molecule has 1 saturated heterocycles. The van der Waals surface area contributed by atoms with Crippen molar-refractivity contribution in [1.82, 2.24) is 10.3 Å². The molecular weight excluding hydrogens is 448 g/mol. The van der Waals surface area contributed by atoms with Gasteiger partial charge in [-0.3, -0.25) is 14.0 Å². The lowest BCUT2D eigenvalue weighted by atomic mass is 10.1. The smallest absolute Gasteiger partial charge is 0.271 e. The molecule has 1 amide bonds. The van der Waals surface area contributed by atoms with Crippen LogP contribution in [-0.2, 0) is 16.6 Å². The molecule has 34 heavy (non-hydrogen) atoms. The SMILES string of the molecule is CN(c1ccc(C(=O)NN=C2CCN(Cc3ccccc3)CC2)cc1)S(=O)(=O)c1ccccc1. The number of anilines is 1. The molecule has 176 valence electrons. The Labute approximate surface area is 200 Å². The van der Waals surface area contributed by atoms with E-state index in [2.05, 4.69) is 39.7 Å². The molecular formula is C26H28N4O3S. The van der Waals surface area contributed by atoms with Gasteiger partial charge in [0.05, 0.1) is 10.6 Å². The molecule has 1 N–H and O–H groups in total. The third-order valence-electron chi connectivity index (χ3n) is 5.89. The zero-order valence-corrected chi connectivity index (χ0v) is 19.9. The average molecular weight is 477 g/mol. The van der Waals surface area contributed by atoms with E-state index in [9.17, 15) is 13.2 Å². The van der Waals surface area contributed by atoms with Crippen LogP contribution in [0.2, 0.25) is 0 Å². The topological polar surface area (TPSA) is 82.1 Å². The first-order chi connectivity index (χ1) is 16.4. The summed E-state index contributed by atoms with van der Waals surface area (Å²) < 4.78 is 26.8. The highest BCUT2D eigenvalue weighted by Crippen LogP contribution is 2.22. The summed E-state index contributed by atoms with van der Waals surface area (Å²) in [7, 11) is -2.17. The third kappa shape index (κ3) is 5.70. The van der Waals surface area contributed by atoms with Crippen molar-refractivity contribution >= 4 is 27.3 Å². The molecule has 1 fully saturated rings. The Balaban J connectivity index is 1.31. The Kier molecular flexibility index (Phi) is 7.40. The summed E-state index contributed by atoms with van der Waals surface area (Å²) in [6, 6.07) is 25.1. The second kappa shape index (κ2) is 10.6. The van der Waals surface area contributed by atoms with Crippen molar-refractivity contribution in [2.75, 3.05) is 24.4 Å². The van der Waals surface area contributed by atoms with E-state index >= 15 is 0 Å². The quantitative estimate of drug-likeness (QED) is 0.525. The zero-order valence-electron chi connectivity index (χ0n) is 19.1. The summed E-state index contributed by atoms with van der Waals surface area (Å²) in [4.78, 5) is 15.1. The summed E-state index contributed by atoms with van der Waals surface area (Å²) in [5.74, 6) is -0.320. The number of carbonyl (C=O) groups excluding carboxylic acids is 1. The fraction of sp³-hybridized carbons (Fsp3) is 0.231. The van der Waals surface area contributed by atoms with E-state index in [0.717, 1.165) is 38.2 Å². The number of nitrogens with zero attached hydrogens (tertiary/aromatic N) is 3. The van der Waals surface area contributed by atoms with Crippen molar-refractivity contribution in [3.63, 3.8) is 0 Å². The Bertz CT molecular complexity index is 1230. The second-order valence-electron chi connectivity index (χ2n) is 8.21. The van der Waals surface area contributed by atoms with Crippen LogP contribution in [0.5, 0.6) is 0 Å². The first kappa shape index (κ1) is 23.7. The number of rotatable bonds is 7. The van der Waals surface area contributed by atoms with E-state index in [0.29, 0.717) is 11.3 Å². The highest BCUT2D eigenvalue weighted by molar-refractivity contribution is 7.92. The van der Waals surface area contributed by atoms with E-state index in [-0.39, 0.29) is 10.8 Å². The molecule has 0 saturated carbocycles. The molecule has 4 rings (SSSR count). The van der Waals surface area contributed by atoms with Gasteiger partial charge in [0.2, 0.25) is 0 Å². The Morgan fingerprint density at radius 1 is 0.912 bits per heavy atom. The maximum atomic E-state index is 12.8. The third-order valence-corrected chi connectivity index (χ3v) is 7.69. The van der Waals surface area contributed by atoms with Crippen LogP contribution in [0.3, 0.4) is 0 Å². The van der Waals surface area contributed by atoms with Crippen molar-refractivity contribution < 1.29 is 13.2 Å². The zero-order chi connectivity index (χ0) is 24.0. The van der Waals surface area contributed by atoms with Gasteiger partial charge in [0, 0.05) is 50.8 Å². The predicted octanol–water partition coefficient (Wildman–Crippen LogP) is 3.89. The Hall–Kier alpha value is -3.49. The number of hydrogen-bond acceptors (Lipinski definition) is 5. The molecule has 0 unspecified atom stereocenters. The minimum Gasteiger partial charge on any atom is -0.298 e. The molecule has 0 bridgehead atoms. The van der Waals surface area contributed by atoms with Crippen molar-refractivity contribution in [2.24, 2.45) is 5.10 Å². The van der Waals surface area contributed by atoms with Gasteiger partial charge in [0.15, 0.2) is 0 Å². The second-order valence-corrected chi connectivity index (χ2v) is 10.2. The standard InChI is InChI=1S/C26H28N4O3S/c1-29(34(32,33)25-10-6-3-7-11-25)24-14-12-22(13-15-24)26(31)28-27-23-16-18-30(19-17-23)20-21-8-4-2-5-9-21/h2-15H,16-20H2,1H3,(H,28,31). The van der Waals surface area contributed by atoms with Gasteiger partial charge < -0.3 is 0 Å². The van der Waals surface area contributed by atoms with Gasteiger partial charge in [-0.05, 0) is 42.0 Å². The van der Waals surface area contributed by atoms with Gasteiger partial charge in [0.1, 0.15) is 0 Å². The Morgan fingerprint density at radius 2 is 1.50 bits per heavy atom. The molecule has 1 aliphatic rings. The first-order valence-electron chi connectivity index (χ1n) is 11.2. The van der Waals surface area contributed by atoms with E-state index < -0.39 is 10.0 Å². The van der Waals surface area contributed by atoms with Crippen LogP contribution in [0.1, 0.15) is 28.8 Å². The highest BCUT2D eigenvalue weighted by Gasteiger charge is 2.21. The van der Waals surface area contributed by atoms with Crippen molar-refractivity contribution in [3.8, 4) is 0 Å². The van der Waals surface area contributed by atoms with Gasteiger partial charge >= 0.3 is 0 Å². The van der Waals surface area contributed by atoms with Crippen LogP contribution in [-0.4, -0.2) is 45.1 Å². The number of likely N-dealkylation sites (tertiary alicyclic amines) is 1.